The van der Waals surface area contributed by atoms with Gasteiger partial charge in [0.1, 0.15) is 0 Å². The molecule has 2 heterocycles. The first kappa shape index (κ1) is 14.8. The molecule has 116 valence electrons. The Morgan fingerprint density at radius 3 is 2.50 bits per heavy atom. The molecule has 1 aromatic carbocycles. The lowest BCUT2D eigenvalue weighted by molar-refractivity contribution is 0.122. The molecule has 1 aromatic heterocycles. The number of nitrogens with zero attached hydrogens (tertiary/aromatic N) is 4. The molecular formula is C17H22N4O. The highest BCUT2D eigenvalue weighted by Crippen LogP contribution is 2.28. The fourth-order valence-corrected chi connectivity index (χ4v) is 2.70. The van der Waals surface area contributed by atoms with E-state index in [0.717, 1.165) is 61.1 Å². The summed E-state index contributed by atoms with van der Waals surface area (Å²) in [5.74, 6) is 1.84. The van der Waals surface area contributed by atoms with Gasteiger partial charge in [-0.15, -0.1) is 0 Å². The molecule has 22 heavy (non-hydrogen) atoms. The number of morpholine rings is 1. The van der Waals surface area contributed by atoms with E-state index >= 15 is 0 Å². The molecule has 1 aliphatic heterocycles. The molecule has 0 N–H and O–H groups in total. The summed E-state index contributed by atoms with van der Waals surface area (Å²) < 4.78 is 5.46. The van der Waals surface area contributed by atoms with Crippen LogP contribution in [0.2, 0.25) is 0 Å². The molecule has 2 aromatic rings. The van der Waals surface area contributed by atoms with Crippen LogP contribution in [0.5, 0.6) is 0 Å². The molecule has 0 radical (unpaired) electrons. The van der Waals surface area contributed by atoms with Crippen molar-refractivity contribution in [2.45, 2.75) is 6.92 Å². The number of aromatic nitrogens is 2. The van der Waals surface area contributed by atoms with Gasteiger partial charge in [0.25, 0.3) is 0 Å². The van der Waals surface area contributed by atoms with Crippen LogP contribution in [0.25, 0.3) is 11.0 Å². The van der Waals surface area contributed by atoms with Crippen LogP contribution >= 0.6 is 0 Å². The van der Waals surface area contributed by atoms with Gasteiger partial charge in [-0.05, 0) is 19.1 Å². The smallest absolute Gasteiger partial charge is 0.172 e. The maximum absolute atomic E-state index is 5.46. The molecule has 5 heteroatoms. The summed E-state index contributed by atoms with van der Waals surface area (Å²) in [4.78, 5) is 14.1. The van der Waals surface area contributed by atoms with Gasteiger partial charge in [0.2, 0.25) is 0 Å². The number of para-hydroxylation sites is 2. The molecule has 0 saturated carbocycles. The predicted octanol–water partition coefficient (Wildman–Crippen LogP) is 2.48. The van der Waals surface area contributed by atoms with Crippen LogP contribution < -0.4 is 9.80 Å². The molecule has 0 amide bonds. The third-order valence-electron chi connectivity index (χ3n) is 3.71. The zero-order chi connectivity index (χ0) is 15.5. The minimum absolute atomic E-state index is 0.734. The third kappa shape index (κ3) is 3.04. The standard InChI is InChI=1S/C17H22N4O/c1-13(2)12-20(3)16-17(21-8-10-22-11-9-21)19-15-7-5-4-6-14(15)18-16/h4-7H,1,8-12H2,2-3H3. The Hall–Kier alpha value is -2.14. The van der Waals surface area contributed by atoms with Crippen LogP contribution in [-0.2, 0) is 4.74 Å². The number of ether oxygens (including phenoxy) is 1. The van der Waals surface area contributed by atoms with Crippen LogP contribution in [0, 0.1) is 0 Å². The second kappa shape index (κ2) is 6.32. The van der Waals surface area contributed by atoms with E-state index in [1.54, 1.807) is 0 Å². The first-order chi connectivity index (χ1) is 10.6. The molecule has 1 fully saturated rings. The van der Waals surface area contributed by atoms with E-state index in [0.29, 0.717) is 0 Å². The molecule has 3 rings (SSSR count). The zero-order valence-corrected chi connectivity index (χ0v) is 13.2. The van der Waals surface area contributed by atoms with Crippen molar-refractivity contribution >= 4 is 22.7 Å². The van der Waals surface area contributed by atoms with E-state index in [2.05, 4.69) is 16.4 Å². The van der Waals surface area contributed by atoms with Crippen LogP contribution in [0.3, 0.4) is 0 Å². The molecule has 0 bridgehead atoms. The zero-order valence-electron chi connectivity index (χ0n) is 13.2. The van der Waals surface area contributed by atoms with E-state index in [4.69, 9.17) is 14.7 Å². The van der Waals surface area contributed by atoms with E-state index in [1.165, 1.54) is 0 Å². The lowest BCUT2D eigenvalue weighted by Crippen LogP contribution is -2.38. The van der Waals surface area contributed by atoms with Crippen molar-refractivity contribution in [3.05, 3.63) is 36.4 Å². The molecule has 0 spiro atoms. The van der Waals surface area contributed by atoms with Gasteiger partial charge in [0.15, 0.2) is 11.6 Å². The number of fused-ring (bicyclic) bond motifs is 1. The second-order valence-electron chi connectivity index (χ2n) is 5.77. The molecule has 1 aliphatic rings. The molecule has 5 nitrogen and oxygen atoms in total. The summed E-state index contributed by atoms with van der Waals surface area (Å²) in [5, 5.41) is 0. The quantitative estimate of drug-likeness (QED) is 0.811. The van der Waals surface area contributed by atoms with Gasteiger partial charge in [-0.1, -0.05) is 24.3 Å². The van der Waals surface area contributed by atoms with E-state index in [9.17, 15) is 0 Å². The van der Waals surface area contributed by atoms with Crippen molar-refractivity contribution in [2.75, 3.05) is 49.7 Å². The summed E-state index contributed by atoms with van der Waals surface area (Å²) in [6.45, 7) is 9.96. The third-order valence-corrected chi connectivity index (χ3v) is 3.71. The van der Waals surface area contributed by atoms with Crippen molar-refractivity contribution < 1.29 is 4.74 Å². The number of hydrogen-bond acceptors (Lipinski definition) is 5. The van der Waals surface area contributed by atoms with Crippen molar-refractivity contribution in [3.8, 4) is 0 Å². The Balaban J connectivity index is 2.06. The normalized spacial score (nSPS) is 15.1. The summed E-state index contributed by atoms with van der Waals surface area (Å²) in [5.41, 5.74) is 2.95. The number of anilines is 2. The highest BCUT2D eigenvalue weighted by Gasteiger charge is 2.20. The van der Waals surface area contributed by atoms with E-state index < -0.39 is 0 Å². The SMILES string of the molecule is C=C(C)CN(C)c1nc2ccccc2nc1N1CCOCC1. The van der Waals surface area contributed by atoms with Crippen molar-refractivity contribution in [1.82, 2.24) is 9.97 Å². The maximum atomic E-state index is 5.46. The highest BCUT2D eigenvalue weighted by atomic mass is 16.5. The Kier molecular flexibility index (Phi) is 4.24. The van der Waals surface area contributed by atoms with Gasteiger partial charge in [0, 0.05) is 26.7 Å². The van der Waals surface area contributed by atoms with Gasteiger partial charge < -0.3 is 14.5 Å². The van der Waals surface area contributed by atoms with Gasteiger partial charge in [0.05, 0.1) is 24.2 Å². The number of benzene rings is 1. The van der Waals surface area contributed by atoms with Gasteiger partial charge in [-0.3, -0.25) is 0 Å². The average Bonchev–Trinajstić information content (AvgIpc) is 2.54. The maximum Gasteiger partial charge on any atom is 0.172 e. The van der Waals surface area contributed by atoms with Crippen molar-refractivity contribution in [2.24, 2.45) is 0 Å². The molecule has 1 saturated heterocycles. The lowest BCUT2D eigenvalue weighted by atomic mass is 10.2. The largest absolute Gasteiger partial charge is 0.378 e. The van der Waals surface area contributed by atoms with Gasteiger partial charge in [-0.2, -0.15) is 0 Å². The Morgan fingerprint density at radius 2 is 1.86 bits per heavy atom. The minimum atomic E-state index is 0.734. The summed E-state index contributed by atoms with van der Waals surface area (Å²) >= 11 is 0. The Bertz CT molecular complexity index is 679. The lowest BCUT2D eigenvalue weighted by Gasteiger charge is -2.31. The van der Waals surface area contributed by atoms with Crippen LogP contribution in [0.4, 0.5) is 11.6 Å². The highest BCUT2D eigenvalue weighted by molar-refractivity contribution is 5.81. The summed E-state index contributed by atoms with van der Waals surface area (Å²) in [6.07, 6.45) is 0. The number of likely N-dealkylation sites (N-methyl/N-ethyl adjacent to an activating group) is 1. The van der Waals surface area contributed by atoms with Gasteiger partial charge in [-0.25, -0.2) is 9.97 Å². The molecule has 0 aliphatic carbocycles. The molecular weight excluding hydrogens is 276 g/mol. The fraction of sp³-hybridized carbons (Fsp3) is 0.412. The van der Waals surface area contributed by atoms with Crippen LogP contribution in [0.15, 0.2) is 36.4 Å². The average molecular weight is 298 g/mol. The van der Waals surface area contributed by atoms with Crippen LogP contribution in [0.1, 0.15) is 6.92 Å². The van der Waals surface area contributed by atoms with Crippen molar-refractivity contribution in [1.29, 1.82) is 0 Å². The Labute approximate surface area is 131 Å². The minimum Gasteiger partial charge on any atom is -0.378 e. The number of hydrogen-bond donors (Lipinski definition) is 0. The number of rotatable bonds is 4. The Morgan fingerprint density at radius 1 is 1.23 bits per heavy atom. The van der Waals surface area contributed by atoms with E-state index in [1.807, 2.05) is 38.2 Å². The fourth-order valence-electron chi connectivity index (χ4n) is 2.70. The predicted molar refractivity (Wildman–Crippen MR) is 90.7 cm³/mol. The van der Waals surface area contributed by atoms with Gasteiger partial charge >= 0.3 is 0 Å². The summed E-state index contributed by atoms with van der Waals surface area (Å²) in [6, 6.07) is 8.00. The van der Waals surface area contributed by atoms with Crippen molar-refractivity contribution in [3.63, 3.8) is 0 Å². The summed E-state index contributed by atoms with van der Waals surface area (Å²) in [7, 11) is 2.04. The topological polar surface area (TPSA) is 41.5 Å². The second-order valence-corrected chi connectivity index (χ2v) is 5.77. The molecule has 0 atom stereocenters. The molecule has 0 unspecified atom stereocenters. The first-order valence-electron chi connectivity index (χ1n) is 7.60. The monoisotopic (exact) mass is 298 g/mol. The first-order valence-corrected chi connectivity index (χ1v) is 7.60. The van der Waals surface area contributed by atoms with E-state index in [-0.39, 0.29) is 0 Å². The van der Waals surface area contributed by atoms with Crippen LogP contribution in [-0.4, -0.2) is 49.9 Å².